The summed E-state index contributed by atoms with van der Waals surface area (Å²) in [5, 5.41) is 9.32. The van der Waals surface area contributed by atoms with Crippen molar-refractivity contribution in [2.75, 3.05) is 12.5 Å². The van der Waals surface area contributed by atoms with Crippen LogP contribution in [-0.4, -0.2) is 28.7 Å². The van der Waals surface area contributed by atoms with Crippen molar-refractivity contribution in [2.45, 2.75) is 19.3 Å². The van der Waals surface area contributed by atoms with Crippen molar-refractivity contribution in [3.63, 3.8) is 0 Å². The summed E-state index contributed by atoms with van der Waals surface area (Å²) in [4.78, 5) is 22.3. The molecule has 19 heavy (non-hydrogen) atoms. The first-order valence-corrected chi connectivity index (χ1v) is 6.83. The Morgan fingerprint density at radius 1 is 1.42 bits per heavy atom. The highest BCUT2D eigenvalue weighted by atomic mass is 32.2. The minimum absolute atomic E-state index is 0.0120. The number of carboxylic acid groups (broad SMARTS) is 1. The first-order chi connectivity index (χ1) is 9.09. The number of carbonyl (C=O) groups is 2. The summed E-state index contributed by atoms with van der Waals surface area (Å²) in [5.74, 6) is -0.0705. The van der Waals surface area contributed by atoms with E-state index in [9.17, 15) is 14.7 Å². The van der Waals surface area contributed by atoms with Gasteiger partial charge in [0.25, 0.3) is 0 Å². The third kappa shape index (κ3) is 3.20. The van der Waals surface area contributed by atoms with E-state index in [1.54, 1.807) is 18.2 Å². The number of para-hydroxylation sites is 1. The van der Waals surface area contributed by atoms with E-state index in [4.69, 9.17) is 9.47 Å². The fourth-order valence-corrected chi connectivity index (χ4v) is 2.60. The summed E-state index contributed by atoms with van der Waals surface area (Å²) in [5.41, 5.74) is 0.603. The van der Waals surface area contributed by atoms with E-state index in [0.29, 0.717) is 29.2 Å². The van der Waals surface area contributed by atoms with E-state index in [1.807, 2.05) is 0 Å². The number of hydrogen-bond acceptors (Lipinski definition) is 5. The lowest BCUT2D eigenvalue weighted by molar-refractivity contribution is -0.138. The quantitative estimate of drug-likeness (QED) is 0.893. The molecular formula is C13H14O5S. The second-order valence-electron chi connectivity index (χ2n) is 4.10. The Morgan fingerprint density at radius 3 is 2.89 bits per heavy atom. The molecule has 6 heteroatoms. The molecule has 0 amide bonds. The number of carbonyl (C=O) groups excluding carboxylic acids is 1. The molecule has 0 fully saturated rings. The van der Waals surface area contributed by atoms with Gasteiger partial charge < -0.3 is 14.6 Å². The maximum absolute atomic E-state index is 11.4. The van der Waals surface area contributed by atoms with Crippen molar-refractivity contribution in [1.29, 1.82) is 0 Å². The van der Waals surface area contributed by atoms with Gasteiger partial charge in [-0.1, -0.05) is 23.9 Å². The lowest BCUT2D eigenvalue weighted by Crippen LogP contribution is -2.13. The number of fused-ring (bicyclic) bond motifs is 1. The van der Waals surface area contributed by atoms with Gasteiger partial charge in [-0.2, -0.15) is 0 Å². The molecule has 2 rings (SSSR count). The van der Waals surface area contributed by atoms with Gasteiger partial charge in [-0.3, -0.25) is 9.59 Å². The van der Waals surface area contributed by atoms with E-state index >= 15 is 0 Å². The van der Waals surface area contributed by atoms with Gasteiger partial charge in [0.1, 0.15) is 0 Å². The number of hydrogen-bond donors (Lipinski definition) is 1. The Hall–Kier alpha value is -1.69. The minimum Gasteiger partial charge on any atom is -0.481 e. The average molecular weight is 282 g/mol. The van der Waals surface area contributed by atoms with E-state index in [2.05, 4.69) is 0 Å². The zero-order valence-electron chi connectivity index (χ0n) is 10.4. The largest absolute Gasteiger partial charge is 0.481 e. The molecule has 0 saturated heterocycles. The molecule has 0 bridgehead atoms. The van der Waals surface area contributed by atoms with Crippen molar-refractivity contribution < 1.29 is 24.2 Å². The van der Waals surface area contributed by atoms with Crippen molar-refractivity contribution in [2.24, 2.45) is 0 Å². The second-order valence-corrected chi connectivity index (χ2v) is 5.37. The molecule has 0 aromatic heterocycles. The SMILES string of the molecule is CC(=O)SCCC(C(=O)O)c1cccc2c1OCO2. The number of aliphatic carboxylic acids is 1. The molecule has 1 heterocycles. The van der Waals surface area contributed by atoms with Crippen molar-refractivity contribution in [1.82, 2.24) is 0 Å². The number of benzene rings is 1. The molecule has 1 aromatic carbocycles. The summed E-state index contributed by atoms with van der Waals surface area (Å²) in [6.45, 7) is 1.58. The van der Waals surface area contributed by atoms with Crippen molar-refractivity contribution >= 4 is 22.8 Å². The summed E-state index contributed by atoms with van der Waals surface area (Å²) < 4.78 is 10.6. The van der Waals surface area contributed by atoms with Crippen LogP contribution in [0.4, 0.5) is 0 Å². The molecule has 5 nitrogen and oxygen atoms in total. The van der Waals surface area contributed by atoms with E-state index in [1.165, 1.54) is 6.92 Å². The lowest BCUT2D eigenvalue weighted by atomic mass is 9.95. The predicted molar refractivity (Wildman–Crippen MR) is 70.7 cm³/mol. The van der Waals surface area contributed by atoms with Crippen LogP contribution < -0.4 is 9.47 Å². The first kappa shape index (κ1) is 13.7. The van der Waals surface area contributed by atoms with Gasteiger partial charge in [0, 0.05) is 18.2 Å². The Morgan fingerprint density at radius 2 is 2.21 bits per heavy atom. The van der Waals surface area contributed by atoms with Crippen LogP contribution >= 0.6 is 11.8 Å². The van der Waals surface area contributed by atoms with Gasteiger partial charge in [0.2, 0.25) is 6.79 Å². The van der Waals surface area contributed by atoms with Crippen LogP contribution in [0.15, 0.2) is 18.2 Å². The van der Waals surface area contributed by atoms with Crippen molar-refractivity contribution in [3.05, 3.63) is 23.8 Å². The van der Waals surface area contributed by atoms with Crippen molar-refractivity contribution in [3.8, 4) is 11.5 Å². The van der Waals surface area contributed by atoms with Crippen LogP contribution in [0.5, 0.6) is 11.5 Å². The van der Waals surface area contributed by atoms with Gasteiger partial charge in [-0.05, 0) is 12.5 Å². The van der Waals surface area contributed by atoms with E-state index in [0.717, 1.165) is 11.8 Å². The molecule has 1 aromatic rings. The summed E-state index contributed by atoms with van der Waals surface area (Å²) in [6, 6.07) is 5.22. The van der Waals surface area contributed by atoms with Crippen LogP contribution in [0.2, 0.25) is 0 Å². The van der Waals surface area contributed by atoms with Crippen LogP contribution in [-0.2, 0) is 9.59 Å². The molecule has 0 aliphatic carbocycles. The topological polar surface area (TPSA) is 72.8 Å². The fourth-order valence-electron chi connectivity index (χ4n) is 1.96. The molecule has 1 atom stereocenters. The van der Waals surface area contributed by atoms with Crippen LogP contribution in [0, 0.1) is 0 Å². The van der Waals surface area contributed by atoms with Gasteiger partial charge in [0.05, 0.1) is 5.92 Å². The third-order valence-electron chi connectivity index (χ3n) is 2.81. The van der Waals surface area contributed by atoms with Gasteiger partial charge in [-0.15, -0.1) is 0 Å². The van der Waals surface area contributed by atoms with Gasteiger partial charge in [-0.25, -0.2) is 0 Å². The van der Waals surface area contributed by atoms with Gasteiger partial charge >= 0.3 is 5.97 Å². The number of ether oxygens (including phenoxy) is 2. The number of carboxylic acids is 1. The molecule has 0 radical (unpaired) electrons. The highest BCUT2D eigenvalue weighted by Gasteiger charge is 2.27. The van der Waals surface area contributed by atoms with Crippen LogP contribution in [0.25, 0.3) is 0 Å². The first-order valence-electron chi connectivity index (χ1n) is 5.84. The zero-order valence-corrected chi connectivity index (χ0v) is 11.2. The van der Waals surface area contributed by atoms with Crippen LogP contribution in [0.3, 0.4) is 0 Å². The Bertz CT molecular complexity index is 500. The molecule has 0 saturated carbocycles. The number of thioether (sulfide) groups is 1. The fraction of sp³-hybridized carbons (Fsp3) is 0.385. The summed E-state index contributed by atoms with van der Waals surface area (Å²) >= 11 is 1.13. The summed E-state index contributed by atoms with van der Waals surface area (Å²) in [7, 11) is 0. The Labute approximate surface area is 114 Å². The Balaban J connectivity index is 2.17. The highest BCUT2D eigenvalue weighted by molar-refractivity contribution is 8.13. The standard InChI is InChI=1S/C13H14O5S/c1-8(14)19-6-5-10(13(15)16)9-3-2-4-11-12(9)18-7-17-11/h2-4,10H,5-7H2,1H3,(H,15,16). The predicted octanol–water partition coefficient (Wildman–Crippen LogP) is 2.25. The smallest absolute Gasteiger partial charge is 0.311 e. The molecule has 1 unspecified atom stereocenters. The van der Waals surface area contributed by atoms with E-state index < -0.39 is 11.9 Å². The monoisotopic (exact) mass is 282 g/mol. The Kier molecular flexibility index (Phi) is 4.31. The normalized spacial score (nSPS) is 14.2. The molecule has 1 N–H and O–H groups in total. The summed E-state index contributed by atoms with van der Waals surface area (Å²) in [6.07, 6.45) is 0.374. The maximum atomic E-state index is 11.4. The number of rotatable bonds is 5. The minimum atomic E-state index is -0.923. The van der Waals surface area contributed by atoms with Crippen LogP contribution in [0.1, 0.15) is 24.8 Å². The maximum Gasteiger partial charge on any atom is 0.311 e. The molecule has 0 spiro atoms. The lowest BCUT2D eigenvalue weighted by Gasteiger charge is -2.14. The van der Waals surface area contributed by atoms with Gasteiger partial charge in [0.15, 0.2) is 16.6 Å². The molecule has 1 aliphatic heterocycles. The highest BCUT2D eigenvalue weighted by Crippen LogP contribution is 2.40. The third-order valence-corrected chi connectivity index (χ3v) is 3.66. The van der Waals surface area contributed by atoms with E-state index in [-0.39, 0.29) is 11.9 Å². The molecular weight excluding hydrogens is 268 g/mol. The average Bonchev–Trinajstić information content (AvgIpc) is 2.82. The molecule has 1 aliphatic rings. The zero-order chi connectivity index (χ0) is 13.8. The second kappa shape index (κ2) is 5.97. The molecule has 102 valence electrons.